The first-order chi connectivity index (χ1) is 12.9. The Balaban J connectivity index is 1.73. The SMILES string of the molecule is Cc1cc(NC(=O)c2cccnc2SC(F)F)ccc1N1CCN(C)CC1. The standard InChI is InChI=1S/C19H22F2N4OS/c1-13-12-14(5-6-16(13)25-10-8-24(2)9-11-25)23-17(26)15-4-3-7-22-18(15)27-19(20)21/h3-7,12,19H,8-11H2,1-2H3,(H,23,26). The summed E-state index contributed by atoms with van der Waals surface area (Å²) in [6.45, 7) is 5.97. The molecule has 2 heterocycles. The minimum Gasteiger partial charge on any atom is -0.369 e. The monoisotopic (exact) mass is 392 g/mol. The van der Waals surface area contributed by atoms with Gasteiger partial charge in [-0.2, -0.15) is 8.78 Å². The predicted molar refractivity (Wildman–Crippen MR) is 105 cm³/mol. The zero-order chi connectivity index (χ0) is 19.4. The van der Waals surface area contributed by atoms with Crippen LogP contribution in [0.1, 0.15) is 15.9 Å². The van der Waals surface area contributed by atoms with E-state index in [0.29, 0.717) is 5.69 Å². The number of thioether (sulfide) groups is 1. The summed E-state index contributed by atoms with van der Waals surface area (Å²) in [5.74, 6) is -3.07. The van der Waals surface area contributed by atoms with Crippen molar-refractivity contribution in [2.75, 3.05) is 43.4 Å². The average Bonchev–Trinajstić information content (AvgIpc) is 2.63. The molecule has 1 amide bonds. The molecule has 1 aromatic carbocycles. The molecule has 1 aliphatic heterocycles. The van der Waals surface area contributed by atoms with Gasteiger partial charge in [0, 0.05) is 43.8 Å². The summed E-state index contributed by atoms with van der Waals surface area (Å²) < 4.78 is 25.3. The molecule has 1 aromatic heterocycles. The largest absolute Gasteiger partial charge is 0.369 e. The third-order valence-electron chi connectivity index (χ3n) is 4.52. The van der Waals surface area contributed by atoms with Crippen molar-refractivity contribution in [3.8, 4) is 0 Å². The van der Waals surface area contributed by atoms with E-state index in [1.54, 1.807) is 6.07 Å². The van der Waals surface area contributed by atoms with Crippen LogP contribution in [0.15, 0.2) is 41.6 Å². The van der Waals surface area contributed by atoms with Gasteiger partial charge in [-0.15, -0.1) is 0 Å². The quantitative estimate of drug-likeness (QED) is 0.786. The van der Waals surface area contributed by atoms with Gasteiger partial charge in [0.15, 0.2) is 0 Å². The fraction of sp³-hybridized carbons (Fsp3) is 0.368. The molecule has 0 bridgehead atoms. The minimum absolute atomic E-state index is 0.0239. The lowest BCUT2D eigenvalue weighted by atomic mass is 10.1. The van der Waals surface area contributed by atoms with Crippen LogP contribution in [0.4, 0.5) is 20.2 Å². The summed E-state index contributed by atoms with van der Waals surface area (Å²) in [5, 5.41) is 2.81. The number of benzene rings is 1. The first kappa shape index (κ1) is 19.6. The molecule has 3 rings (SSSR count). The van der Waals surface area contributed by atoms with Crippen molar-refractivity contribution < 1.29 is 13.6 Å². The van der Waals surface area contributed by atoms with E-state index in [9.17, 15) is 13.6 Å². The first-order valence-corrected chi connectivity index (χ1v) is 9.57. The fourth-order valence-corrected chi connectivity index (χ4v) is 3.65. The lowest BCUT2D eigenvalue weighted by Gasteiger charge is -2.35. The van der Waals surface area contributed by atoms with Gasteiger partial charge < -0.3 is 15.1 Å². The number of likely N-dealkylation sites (N-methyl/N-ethyl adjacent to an activating group) is 1. The summed E-state index contributed by atoms with van der Waals surface area (Å²) >= 11 is 0.273. The van der Waals surface area contributed by atoms with Crippen LogP contribution in [-0.2, 0) is 0 Å². The van der Waals surface area contributed by atoms with Gasteiger partial charge in [-0.25, -0.2) is 4.98 Å². The Morgan fingerprint density at radius 3 is 2.63 bits per heavy atom. The van der Waals surface area contributed by atoms with Crippen molar-refractivity contribution in [1.29, 1.82) is 0 Å². The summed E-state index contributed by atoms with van der Waals surface area (Å²) in [6.07, 6.45) is 1.40. The van der Waals surface area contributed by atoms with Crippen LogP contribution in [0.25, 0.3) is 0 Å². The van der Waals surface area contributed by atoms with Crippen LogP contribution in [0.5, 0.6) is 0 Å². The Hall–Kier alpha value is -2.19. The zero-order valence-corrected chi connectivity index (χ0v) is 16.1. The lowest BCUT2D eigenvalue weighted by Crippen LogP contribution is -2.44. The van der Waals surface area contributed by atoms with Gasteiger partial charge in [-0.3, -0.25) is 4.79 Å². The highest BCUT2D eigenvalue weighted by Crippen LogP contribution is 2.28. The normalized spacial score (nSPS) is 15.2. The number of hydrogen-bond acceptors (Lipinski definition) is 5. The number of halogens is 2. The van der Waals surface area contributed by atoms with Gasteiger partial charge in [0.05, 0.1) is 5.56 Å². The van der Waals surface area contributed by atoms with Crippen LogP contribution in [0.3, 0.4) is 0 Å². The molecule has 0 spiro atoms. The Morgan fingerprint density at radius 2 is 1.96 bits per heavy atom. The number of carbonyl (C=O) groups is 1. The highest BCUT2D eigenvalue weighted by molar-refractivity contribution is 7.99. The molecule has 0 aliphatic carbocycles. The molecule has 0 atom stereocenters. The van der Waals surface area contributed by atoms with E-state index in [2.05, 4.69) is 27.1 Å². The number of alkyl halides is 2. The van der Waals surface area contributed by atoms with Gasteiger partial charge in [0.2, 0.25) is 0 Å². The summed E-state index contributed by atoms with van der Waals surface area (Å²) in [4.78, 5) is 21.0. The first-order valence-electron chi connectivity index (χ1n) is 8.69. The molecule has 0 radical (unpaired) electrons. The van der Waals surface area contributed by atoms with Crippen molar-refractivity contribution in [2.45, 2.75) is 17.7 Å². The third-order valence-corrected chi connectivity index (χ3v) is 5.24. The molecule has 5 nitrogen and oxygen atoms in total. The smallest absolute Gasteiger partial charge is 0.290 e. The van der Waals surface area contributed by atoms with E-state index in [4.69, 9.17) is 0 Å². The Kier molecular flexibility index (Phi) is 6.28. The van der Waals surface area contributed by atoms with Crippen LogP contribution in [-0.4, -0.2) is 54.8 Å². The molecule has 8 heteroatoms. The maximum absolute atomic E-state index is 12.7. The lowest BCUT2D eigenvalue weighted by molar-refractivity contribution is 0.102. The van der Waals surface area contributed by atoms with E-state index in [-0.39, 0.29) is 22.4 Å². The second-order valence-electron chi connectivity index (χ2n) is 6.48. The molecule has 27 heavy (non-hydrogen) atoms. The number of anilines is 2. The predicted octanol–water partition coefficient (Wildman–Crippen LogP) is 3.71. The molecule has 1 aliphatic rings. The summed E-state index contributed by atoms with van der Waals surface area (Å²) in [7, 11) is 2.11. The summed E-state index contributed by atoms with van der Waals surface area (Å²) in [6, 6.07) is 8.80. The van der Waals surface area contributed by atoms with Crippen LogP contribution in [0.2, 0.25) is 0 Å². The average molecular weight is 392 g/mol. The van der Waals surface area contributed by atoms with Gasteiger partial charge in [0.25, 0.3) is 11.7 Å². The number of rotatable bonds is 5. The molecule has 144 valence electrons. The molecule has 1 N–H and O–H groups in total. The number of aryl methyl sites for hydroxylation is 1. The van der Waals surface area contributed by atoms with Gasteiger partial charge in [0.1, 0.15) is 5.03 Å². The van der Waals surface area contributed by atoms with E-state index < -0.39 is 11.7 Å². The fourth-order valence-electron chi connectivity index (χ4n) is 3.08. The second kappa shape index (κ2) is 8.67. The van der Waals surface area contributed by atoms with E-state index in [0.717, 1.165) is 37.4 Å². The van der Waals surface area contributed by atoms with Crippen molar-refractivity contribution >= 4 is 29.0 Å². The molecule has 2 aromatic rings. The number of aromatic nitrogens is 1. The van der Waals surface area contributed by atoms with E-state index in [1.165, 1.54) is 12.3 Å². The van der Waals surface area contributed by atoms with Gasteiger partial charge in [-0.1, -0.05) is 0 Å². The number of amides is 1. The molecule has 0 saturated carbocycles. The van der Waals surface area contributed by atoms with Crippen molar-refractivity contribution in [2.24, 2.45) is 0 Å². The number of pyridine rings is 1. The molecule has 1 fully saturated rings. The van der Waals surface area contributed by atoms with Crippen LogP contribution < -0.4 is 10.2 Å². The maximum Gasteiger partial charge on any atom is 0.290 e. The molecular formula is C19H22F2N4OS. The van der Waals surface area contributed by atoms with Gasteiger partial charge >= 0.3 is 0 Å². The van der Waals surface area contributed by atoms with Crippen molar-refractivity contribution in [3.63, 3.8) is 0 Å². The number of carbonyl (C=O) groups excluding carboxylic acids is 1. The third kappa shape index (κ3) is 4.95. The second-order valence-corrected chi connectivity index (χ2v) is 7.46. The van der Waals surface area contributed by atoms with E-state index >= 15 is 0 Å². The highest BCUT2D eigenvalue weighted by Gasteiger charge is 2.18. The van der Waals surface area contributed by atoms with Crippen molar-refractivity contribution in [1.82, 2.24) is 9.88 Å². The Bertz CT molecular complexity index is 810. The number of nitrogens with zero attached hydrogens (tertiary/aromatic N) is 3. The topological polar surface area (TPSA) is 48.5 Å². The number of hydrogen-bond donors (Lipinski definition) is 1. The maximum atomic E-state index is 12.7. The Morgan fingerprint density at radius 1 is 1.22 bits per heavy atom. The summed E-state index contributed by atoms with van der Waals surface area (Å²) in [5.41, 5.74) is 2.98. The highest BCUT2D eigenvalue weighted by atomic mass is 32.2. The number of piperazine rings is 1. The molecule has 1 saturated heterocycles. The zero-order valence-electron chi connectivity index (χ0n) is 15.3. The minimum atomic E-state index is -2.63. The molecular weight excluding hydrogens is 370 g/mol. The van der Waals surface area contributed by atoms with Crippen LogP contribution >= 0.6 is 11.8 Å². The number of nitrogens with one attached hydrogen (secondary N) is 1. The van der Waals surface area contributed by atoms with Gasteiger partial charge in [-0.05, 0) is 61.6 Å². The van der Waals surface area contributed by atoms with Crippen molar-refractivity contribution in [3.05, 3.63) is 47.7 Å². The Labute approximate surface area is 161 Å². The van der Waals surface area contributed by atoms with E-state index in [1.807, 2.05) is 25.1 Å². The van der Waals surface area contributed by atoms with Crippen LogP contribution in [0, 0.1) is 6.92 Å². The molecule has 0 unspecified atom stereocenters.